The summed E-state index contributed by atoms with van der Waals surface area (Å²) in [5, 5.41) is 4.86. The van der Waals surface area contributed by atoms with Gasteiger partial charge in [-0.15, -0.1) is 0 Å². The lowest BCUT2D eigenvalue weighted by molar-refractivity contribution is 0.857. The molecule has 0 fully saturated rings. The number of rotatable bonds is 6. The van der Waals surface area contributed by atoms with Crippen LogP contribution < -0.4 is 0 Å². The highest BCUT2D eigenvalue weighted by Crippen LogP contribution is 2.52. The molecule has 1 aliphatic rings. The molecule has 9 aromatic carbocycles. The van der Waals surface area contributed by atoms with Crippen LogP contribution in [0.2, 0.25) is 0 Å². The number of aromatic nitrogens is 5. The lowest BCUT2D eigenvalue weighted by atomic mass is 9.93. The first-order valence-corrected chi connectivity index (χ1v) is 21.5. The van der Waals surface area contributed by atoms with E-state index in [1.54, 1.807) is 0 Å². The molecule has 1 atom stereocenters. The van der Waals surface area contributed by atoms with Crippen LogP contribution in [0.4, 0.5) is 0 Å². The van der Waals surface area contributed by atoms with Crippen molar-refractivity contribution in [1.82, 2.24) is 24.1 Å². The maximum absolute atomic E-state index is 5.45. The van der Waals surface area contributed by atoms with Crippen molar-refractivity contribution < 1.29 is 0 Å². The highest BCUT2D eigenvalue weighted by molar-refractivity contribution is 6.14. The van der Waals surface area contributed by atoms with Crippen molar-refractivity contribution >= 4 is 43.6 Å². The van der Waals surface area contributed by atoms with Crippen molar-refractivity contribution in [3.8, 4) is 56.4 Å². The molecule has 5 heteroatoms. The Balaban J connectivity index is 1.08. The Morgan fingerprint density at radius 1 is 0.333 bits per heavy atom. The molecule has 1 aliphatic carbocycles. The third-order valence-corrected chi connectivity index (χ3v) is 12.8. The molecule has 0 saturated heterocycles. The van der Waals surface area contributed by atoms with Crippen molar-refractivity contribution in [1.29, 1.82) is 0 Å². The summed E-state index contributed by atoms with van der Waals surface area (Å²) in [6.07, 6.45) is 0. The van der Waals surface area contributed by atoms with Crippen molar-refractivity contribution in [3.63, 3.8) is 0 Å². The van der Waals surface area contributed by atoms with Crippen LogP contribution in [0.5, 0.6) is 0 Å². The molecule has 63 heavy (non-hydrogen) atoms. The summed E-state index contributed by atoms with van der Waals surface area (Å²) in [6, 6.07) is 77.9. The minimum atomic E-state index is -0.267. The fourth-order valence-electron chi connectivity index (χ4n) is 10.1. The fraction of sp³-hybridized carbons (Fsp3) is 0.0172. The van der Waals surface area contributed by atoms with Crippen molar-refractivity contribution in [2.24, 2.45) is 0 Å². The van der Waals surface area contributed by atoms with Crippen LogP contribution in [0.1, 0.15) is 22.9 Å². The first-order valence-electron chi connectivity index (χ1n) is 21.5. The van der Waals surface area contributed by atoms with Crippen LogP contribution in [-0.4, -0.2) is 24.1 Å². The molecule has 3 heterocycles. The molecule has 12 aromatic rings. The van der Waals surface area contributed by atoms with Crippen LogP contribution >= 0.6 is 0 Å². The zero-order valence-corrected chi connectivity index (χ0v) is 34.1. The Kier molecular flexibility index (Phi) is 7.90. The number of nitrogens with zero attached hydrogens (tertiary/aromatic N) is 5. The summed E-state index contributed by atoms with van der Waals surface area (Å²) in [6.45, 7) is 0. The monoisotopic (exact) mass is 803 g/mol. The van der Waals surface area contributed by atoms with Gasteiger partial charge in [0.15, 0.2) is 11.6 Å². The molecule has 0 saturated carbocycles. The summed E-state index contributed by atoms with van der Waals surface area (Å²) in [4.78, 5) is 16.0. The van der Waals surface area contributed by atoms with Crippen molar-refractivity contribution in [2.45, 2.75) is 5.92 Å². The normalized spacial score (nSPS) is 13.2. The van der Waals surface area contributed by atoms with Crippen LogP contribution in [0.3, 0.4) is 0 Å². The van der Waals surface area contributed by atoms with Gasteiger partial charge in [-0.1, -0.05) is 176 Å². The molecular weight excluding hydrogens is 767 g/mol. The van der Waals surface area contributed by atoms with Gasteiger partial charge in [0, 0.05) is 44.0 Å². The van der Waals surface area contributed by atoms with E-state index < -0.39 is 0 Å². The van der Waals surface area contributed by atoms with Gasteiger partial charge in [-0.3, -0.25) is 0 Å². The standard InChI is InChI=1S/C58H37N5/c1-4-16-37(17-5-1)38-28-30-40(31-29-38)57-59-56(39-18-6-2-7-19-39)60-58(61-57)54-46-25-11-10-22-43(46)47-33-34-48-49-36-42(62-50-26-14-12-23-44(50)45-24-13-15-27-51(45)62)32-35-52(49)63(55(48)53(47)54)41-20-8-3-9-21-41/h1-36,54H. The number of fused-ring (bicyclic) bond motifs is 10. The molecule has 13 rings (SSSR count). The van der Waals surface area contributed by atoms with Gasteiger partial charge in [0.1, 0.15) is 5.82 Å². The second-order valence-corrected chi connectivity index (χ2v) is 16.3. The molecule has 1 unspecified atom stereocenters. The second kappa shape index (κ2) is 14.1. The zero-order chi connectivity index (χ0) is 41.4. The molecule has 5 nitrogen and oxygen atoms in total. The predicted octanol–water partition coefficient (Wildman–Crippen LogP) is 14.2. The van der Waals surface area contributed by atoms with E-state index in [1.807, 2.05) is 24.3 Å². The zero-order valence-electron chi connectivity index (χ0n) is 34.1. The number of benzene rings is 9. The average molecular weight is 804 g/mol. The van der Waals surface area contributed by atoms with Gasteiger partial charge in [-0.25, -0.2) is 15.0 Å². The molecule has 0 N–H and O–H groups in total. The third-order valence-electron chi connectivity index (χ3n) is 12.8. The van der Waals surface area contributed by atoms with E-state index >= 15 is 0 Å². The highest BCUT2D eigenvalue weighted by atomic mass is 15.0. The van der Waals surface area contributed by atoms with Gasteiger partial charge in [0.2, 0.25) is 0 Å². The van der Waals surface area contributed by atoms with E-state index in [9.17, 15) is 0 Å². The Morgan fingerprint density at radius 2 is 0.873 bits per heavy atom. The van der Waals surface area contributed by atoms with Crippen LogP contribution in [0.25, 0.3) is 100 Å². The van der Waals surface area contributed by atoms with Gasteiger partial charge in [0.25, 0.3) is 0 Å². The lowest BCUT2D eigenvalue weighted by Crippen LogP contribution is -2.10. The number of para-hydroxylation sites is 3. The topological polar surface area (TPSA) is 48.5 Å². The van der Waals surface area contributed by atoms with Gasteiger partial charge in [-0.05, 0) is 75.8 Å². The van der Waals surface area contributed by atoms with Gasteiger partial charge in [0.05, 0.1) is 28.0 Å². The summed E-state index contributed by atoms with van der Waals surface area (Å²) in [5.74, 6) is 1.76. The minimum absolute atomic E-state index is 0.267. The van der Waals surface area contributed by atoms with E-state index in [4.69, 9.17) is 15.0 Å². The molecule has 0 aliphatic heterocycles. The molecule has 0 bridgehead atoms. The smallest absolute Gasteiger partial charge is 0.163 e. The average Bonchev–Trinajstić information content (AvgIpc) is 4.00. The third kappa shape index (κ3) is 5.53. The summed E-state index contributed by atoms with van der Waals surface area (Å²) in [7, 11) is 0. The fourth-order valence-corrected chi connectivity index (χ4v) is 10.1. The molecule has 0 radical (unpaired) electrons. The maximum Gasteiger partial charge on any atom is 0.163 e. The first kappa shape index (κ1) is 35.4. The summed E-state index contributed by atoms with van der Waals surface area (Å²) in [5.41, 5.74) is 15.9. The minimum Gasteiger partial charge on any atom is -0.309 e. The van der Waals surface area contributed by atoms with Gasteiger partial charge >= 0.3 is 0 Å². The van der Waals surface area contributed by atoms with E-state index in [1.165, 1.54) is 60.4 Å². The van der Waals surface area contributed by atoms with Gasteiger partial charge in [-0.2, -0.15) is 0 Å². The predicted molar refractivity (Wildman–Crippen MR) is 258 cm³/mol. The quantitative estimate of drug-likeness (QED) is 0.168. The van der Waals surface area contributed by atoms with Crippen molar-refractivity contribution in [2.75, 3.05) is 0 Å². The Bertz CT molecular complexity index is 3670. The Labute approximate surface area is 363 Å². The largest absolute Gasteiger partial charge is 0.309 e. The van der Waals surface area contributed by atoms with E-state index in [0.717, 1.165) is 44.9 Å². The van der Waals surface area contributed by atoms with E-state index in [2.05, 4.69) is 203 Å². The Morgan fingerprint density at radius 3 is 1.57 bits per heavy atom. The van der Waals surface area contributed by atoms with E-state index in [0.29, 0.717) is 11.6 Å². The van der Waals surface area contributed by atoms with E-state index in [-0.39, 0.29) is 5.92 Å². The van der Waals surface area contributed by atoms with Crippen LogP contribution in [-0.2, 0) is 0 Å². The van der Waals surface area contributed by atoms with Crippen LogP contribution in [0.15, 0.2) is 218 Å². The van der Waals surface area contributed by atoms with Crippen LogP contribution in [0, 0.1) is 0 Å². The Hall–Kier alpha value is -8.41. The number of hydrogen-bond donors (Lipinski definition) is 0. The summed E-state index contributed by atoms with van der Waals surface area (Å²) >= 11 is 0. The molecule has 0 spiro atoms. The molecular formula is C58H37N5. The molecule has 294 valence electrons. The van der Waals surface area contributed by atoms with Crippen molar-refractivity contribution in [3.05, 3.63) is 235 Å². The molecule has 0 amide bonds. The second-order valence-electron chi connectivity index (χ2n) is 16.3. The maximum atomic E-state index is 5.45. The summed E-state index contributed by atoms with van der Waals surface area (Å²) < 4.78 is 4.87. The first-order chi connectivity index (χ1) is 31.3. The SMILES string of the molecule is c1ccc(-c2ccc(-c3nc(-c4ccccc4)nc(C4c5ccccc5-c5ccc6c7cc(-n8c9ccccc9c9ccccc98)ccc7n(-c7ccccc7)c6c54)n3)cc2)cc1. The molecule has 3 aromatic heterocycles. The number of hydrogen-bond acceptors (Lipinski definition) is 3. The lowest BCUT2D eigenvalue weighted by Gasteiger charge is -2.18. The van der Waals surface area contributed by atoms with Gasteiger partial charge < -0.3 is 9.13 Å². The highest BCUT2D eigenvalue weighted by Gasteiger charge is 2.36.